The van der Waals surface area contributed by atoms with Gasteiger partial charge >= 0.3 is 5.97 Å². The van der Waals surface area contributed by atoms with Crippen LogP contribution in [-0.4, -0.2) is 34.1 Å². The van der Waals surface area contributed by atoms with Gasteiger partial charge in [-0.15, -0.1) is 0 Å². The Bertz CT molecular complexity index is 452. The number of nitrogens with one attached hydrogen (secondary N) is 2. The van der Waals surface area contributed by atoms with E-state index < -0.39 is 5.97 Å². The van der Waals surface area contributed by atoms with E-state index in [0.29, 0.717) is 5.82 Å². The second kappa shape index (κ2) is 5.48. The highest BCUT2D eigenvalue weighted by Gasteiger charge is 2.13. The van der Waals surface area contributed by atoms with E-state index in [9.17, 15) is 9.59 Å². The van der Waals surface area contributed by atoms with Crippen LogP contribution in [0.1, 0.15) is 31.1 Å². The molecular formula is C12H17N3O3. The standard InChI is InChI=1S/C12H17N3O3/c1-12(2,3)15-10(16)7-14-9-6-8(11(17)18)4-5-13-9/h4-6H,7H2,1-3H3,(H,13,14)(H,15,16)(H,17,18). The normalized spacial score (nSPS) is 10.8. The number of nitrogens with zero attached hydrogens (tertiary/aromatic N) is 1. The van der Waals surface area contributed by atoms with E-state index in [0.717, 1.165) is 0 Å². The predicted molar refractivity (Wildman–Crippen MR) is 67.6 cm³/mol. The van der Waals surface area contributed by atoms with Gasteiger partial charge < -0.3 is 15.7 Å². The lowest BCUT2D eigenvalue weighted by molar-refractivity contribution is -0.120. The van der Waals surface area contributed by atoms with Crippen molar-refractivity contribution in [3.63, 3.8) is 0 Å². The first-order valence-electron chi connectivity index (χ1n) is 5.52. The molecule has 1 rings (SSSR count). The summed E-state index contributed by atoms with van der Waals surface area (Å²) in [6.45, 7) is 5.70. The summed E-state index contributed by atoms with van der Waals surface area (Å²) in [6.07, 6.45) is 1.38. The van der Waals surface area contributed by atoms with Gasteiger partial charge in [-0.1, -0.05) is 0 Å². The van der Waals surface area contributed by atoms with Gasteiger partial charge in [0.15, 0.2) is 0 Å². The Labute approximate surface area is 105 Å². The largest absolute Gasteiger partial charge is 0.478 e. The number of hydrogen-bond acceptors (Lipinski definition) is 4. The van der Waals surface area contributed by atoms with E-state index in [1.165, 1.54) is 18.3 Å². The second-order valence-corrected chi connectivity index (χ2v) is 4.89. The number of aromatic nitrogens is 1. The minimum absolute atomic E-state index is 0.0490. The molecule has 0 radical (unpaired) electrons. The number of hydrogen-bond donors (Lipinski definition) is 3. The van der Waals surface area contributed by atoms with Crippen LogP contribution < -0.4 is 10.6 Å². The SMILES string of the molecule is CC(C)(C)NC(=O)CNc1cc(C(=O)O)ccn1. The fraction of sp³-hybridized carbons (Fsp3) is 0.417. The van der Waals surface area contributed by atoms with Crippen molar-refractivity contribution in [3.05, 3.63) is 23.9 Å². The maximum absolute atomic E-state index is 11.5. The lowest BCUT2D eigenvalue weighted by Crippen LogP contribution is -2.43. The van der Waals surface area contributed by atoms with Crippen LogP contribution in [0.3, 0.4) is 0 Å². The Morgan fingerprint density at radius 3 is 2.61 bits per heavy atom. The quantitative estimate of drug-likeness (QED) is 0.745. The molecule has 0 saturated heterocycles. The summed E-state index contributed by atoms with van der Waals surface area (Å²) in [4.78, 5) is 26.2. The highest BCUT2D eigenvalue weighted by Crippen LogP contribution is 2.06. The first kappa shape index (κ1) is 14.0. The van der Waals surface area contributed by atoms with Crippen LogP contribution in [-0.2, 0) is 4.79 Å². The van der Waals surface area contributed by atoms with Crippen LogP contribution in [0.5, 0.6) is 0 Å². The molecule has 0 aliphatic carbocycles. The number of carboxylic acid groups (broad SMARTS) is 1. The Hall–Kier alpha value is -2.11. The van der Waals surface area contributed by atoms with Gasteiger partial charge in [0.2, 0.25) is 5.91 Å². The number of amides is 1. The van der Waals surface area contributed by atoms with Gasteiger partial charge in [-0.05, 0) is 32.9 Å². The molecule has 0 aliphatic heterocycles. The Morgan fingerprint density at radius 1 is 1.39 bits per heavy atom. The van der Waals surface area contributed by atoms with Gasteiger partial charge in [-0.3, -0.25) is 4.79 Å². The third-order valence-corrected chi connectivity index (χ3v) is 1.95. The van der Waals surface area contributed by atoms with Crippen molar-refractivity contribution in [1.29, 1.82) is 0 Å². The van der Waals surface area contributed by atoms with Crippen molar-refractivity contribution in [3.8, 4) is 0 Å². The molecule has 98 valence electrons. The number of carbonyl (C=O) groups is 2. The zero-order chi connectivity index (χ0) is 13.8. The van der Waals surface area contributed by atoms with Gasteiger partial charge in [0.25, 0.3) is 0 Å². The third-order valence-electron chi connectivity index (χ3n) is 1.95. The number of rotatable bonds is 4. The summed E-state index contributed by atoms with van der Waals surface area (Å²) < 4.78 is 0. The molecule has 0 fully saturated rings. The molecule has 3 N–H and O–H groups in total. The zero-order valence-corrected chi connectivity index (χ0v) is 10.7. The number of pyridine rings is 1. The van der Waals surface area contributed by atoms with Crippen molar-refractivity contribution >= 4 is 17.7 Å². The minimum Gasteiger partial charge on any atom is -0.478 e. The topological polar surface area (TPSA) is 91.3 Å². The summed E-state index contributed by atoms with van der Waals surface area (Å²) >= 11 is 0. The molecule has 6 heteroatoms. The molecule has 6 nitrogen and oxygen atoms in total. The van der Waals surface area contributed by atoms with Gasteiger partial charge in [0.05, 0.1) is 12.1 Å². The summed E-state index contributed by atoms with van der Waals surface area (Å²) in [5.41, 5.74) is -0.168. The molecule has 0 unspecified atom stereocenters. The summed E-state index contributed by atoms with van der Waals surface area (Å²) in [5, 5.41) is 14.4. The maximum Gasteiger partial charge on any atom is 0.335 e. The Morgan fingerprint density at radius 2 is 2.06 bits per heavy atom. The van der Waals surface area contributed by atoms with E-state index >= 15 is 0 Å². The van der Waals surface area contributed by atoms with Gasteiger partial charge in [-0.25, -0.2) is 9.78 Å². The lowest BCUT2D eigenvalue weighted by atomic mass is 10.1. The highest BCUT2D eigenvalue weighted by atomic mass is 16.4. The fourth-order valence-electron chi connectivity index (χ4n) is 1.29. The minimum atomic E-state index is -1.03. The van der Waals surface area contributed by atoms with Crippen molar-refractivity contribution in [2.24, 2.45) is 0 Å². The van der Waals surface area contributed by atoms with Gasteiger partial charge in [-0.2, -0.15) is 0 Å². The first-order valence-corrected chi connectivity index (χ1v) is 5.52. The number of anilines is 1. The zero-order valence-electron chi connectivity index (χ0n) is 10.7. The molecule has 1 aromatic heterocycles. The van der Waals surface area contributed by atoms with Crippen molar-refractivity contribution in [2.75, 3.05) is 11.9 Å². The molecule has 0 atom stereocenters. The Balaban J connectivity index is 2.56. The van der Waals surface area contributed by atoms with Crippen LogP contribution >= 0.6 is 0 Å². The molecule has 1 aromatic rings. The average Bonchev–Trinajstić information content (AvgIpc) is 2.24. The summed E-state index contributed by atoms with van der Waals surface area (Å²) in [5.74, 6) is -0.844. The molecule has 0 spiro atoms. The van der Waals surface area contributed by atoms with Crippen LogP contribution in [0.15, 0.2) is 18.3 Å². The van der Waals surface area contributed by atoms with Crippen LogP contribution in [0.2, 0.25) is 0 Å². The van der Waals surface area contributed by atoms with Crippen molar-refractivity contribution < 1.29 is 14.7 Å². The molecule has 0 aromatic carbocycles. The Kier molecular flexibility index (Phi) is 4.25. The number of aromatic carboxylic acids is 1. The maximum atomic E-state index is 11.5. The van der Waals surface area contributed by atoms with E-state index in [4.69, 9.17) is 5.11 Å². The highest BCUT2D eigenvalue weighted by molar-refractivity contribution is 5.88. The van der Waals surface area contributed by atoms with E-state index in [1.54, 1.807) is 0 Å². The third kappa shape index (κ3) is 4.82. The lowest BCUT2D eigenvalue weighted by Gasteiger charge is -2.20. The summed E-state index contributed by atoms with van der Waals surface area (Å²) in [6, 6.07) is 2.77. The smallest absolute Gasteiger partial charge is 0.335 e. The van der Waals surface area contributed by atoms with Gasteiger partial charge in [0.1, 0.15) is 5.82 Å². The second-order valence-electron chi connectivity index (χ2n) is 4.89. The van der Waals surface area contributed by atoms with Crippen LogP contribution in [0.25, 0.3) is 0 Å². The fourth-order valence-corrected chi connectivity index (χ4v) is 1.29. The molecule has 0 bridgehead atoms. The molecule has 1 amide bonds. The van der Waals surface area contributed by atoms with Crippen molar-refractivity contribution in [2.45, 2.75) is 26.3 Å². The molecule has 1 heterocycles. The molecule has 18 heavy (non-hydrogen) atoms. The number of carboxylic acids is 1. The molecule has 0 aliphatic rings. The predicted octanol–water partition coefficient (Wildman–Crippen LogP) is 1.11. The average molecular weight is 251 g/mol. The molecular weight excluding hydrogens is 234 g/mol. The summed E-state index contributed by atoms with van der Waals surface area (Å²) in [7, 11) is 0. The van der Waals surface area contributed by atoms with Crippen LogP contribution in [0.4, 0.5) is 5.82 Å². The van der Waals surface area contributed by atoms with Gasteiger partial charge in [0, 0.05) is 11.7 Å². The van der Waals surface area contributed by atoms with E-state index in [-0.39, 0.29) is 23.6 Å². The van der Waals surface area contributed by atoms with E-state index in [1.807, 2.05) is 20.8 Å². The van der Waals surface area contributed by atoms with Crippen molar-refractivity contribution in [1.82, 2.24) is 10.3 Å². The number of carbonyl (C=O) groups excluding carboxylic acids is 1. The first-order chi connectivity index (χ1) is 8.28. The van der Waals surface area contributed by atoms with Crippen LogP contribution in [0, 0.1) is 0 Å². The molecule has 0 saturated carbocycles. The van der Waals surface area contributed by atoms with E-state index in [2.05, 4.69) is 15.6 Å². The monoisotopic (exact) mass is 251 g/mol.